The lowest BCUT2D eigenvalue weighted by Crippen LogP contribution is -2.52. The minimum Gasteiger partial charge on any atom is -0.483 e. The van der Waals surface area contributed by atoms with Crippen LogP contribution in [0.2, 0.25) is 0 Å². The Morgan fingerprint density at radius 2 is 1.63 bits per heavy atom. The maximum atomic E-state index is 14.8. The maximum absolute atomic E-state index is 14.8. The number of carbonyl (C=O) groups excluding carboxylic acids is 2. The van der Waals surface area contributed by atoms with Crippen LogP contribution in [0.5, 0.6) is 5.75 Å². The molecule has 0 radical (unpaired) electrons. The van der Waals surface area contributed by atoms with E-state index in [-0.39, 0.29) is 43.0 Å². The van der Waals surface area contributed by atoms with Crippen LogP contribution in [0.15, 0.2) is 117 Å². The third-order valence-electron chi connectivity index (χ3n) is 13.3. The van der Waals surface area contributed by atoms with E-state index in [1.165, 1.54) is 22.3 Å². The average molecular weight is 839 g/mol. The lowest BCUT2D eigenvalue weighted by molar-refractivity contribution is -0.188. The fourth-order valence-electron chi connectivity index (χ4n) is 10.1. The van der Waals surface area contributed by atoms with Gasteiger partial charge < -0.3 is 28.5 Å². The van der Waals surface area contributed by atoms with Crippen LogP contribution < -0.4 is 10.4 Å². The van der Waals surface area contributed by atoms with E-state index in [4.69, 9.17) is 23.4 Å². The normalized spacial score (nSPS) is 23.0. The summed E-state index contributed by atoms with van der Waals surface area (Å²) in [5.74, 6) is -0.634. The summed E-state index contributed by atoms with van der Waals surface area (Å²) in [6, 6.07) is 33.4. The zero-order chi connectivity index (χ0) is 43.5. The molecule has 9 rings (SSSR count). The van der Waals surface area contributed by atoms with E-state index in [1.54, 1.807) is 25.3 Å². The molecule has 1 saturated carbocycles. The largest absolute Gasteiger partial charge is 0.483 e. The van der Waals surface area contributed by atoms with Crippen LogP contribution in [0, 0.1) is 5.92 Å². The van der Waals surface area contributed by atoms with Gasteiger partial charge >= 0.3 is 17.6 Å². The second-order valence-electron chi connectivity index (χ2n) is 18.2. The number of ether oxygens (including phenoxy) is 4. The first-order valence-corrected chi connectivity index (χ1v) is 22.1. The van der Waals surface area contributed by atoms with Gasteiger partial charge in [0.25, 0.3) is 0 Å². The van der Waals surface area contributed by atoms with Gasteiger partial charge in [-0.1, -0.05) is 84.4 Å². The molecule has 0 saturated heterocycles. The molecule has 2 bridgehead atoms. The minimum absolute atomic E-state index is 0.0411. The number of fused-ring (bicyclic) bond motifs is 11. The van der Waals surface area contributed by atoms with Crippen LogP contribution in [0.4, 0.5) is 0 Å². The Balaban J connectivity index is 1.19. The Kier molecular flexibility index (Phi) is 12.8. The van der Waals surface area contributed by atoms with Crippen molar-refractivity contribution < 1.29 is 38.1 Å². The smallest absolute Gasteiger partial charge is 0.339 e. The number of benzene rings is 4. The Labute approximate surface area is 364 Å². The molecule has 1 aliphatic carbocycles. The number of hydrogen-bond donors (Lipinski definition) is 1. The molecular formula is C53H58O9. The molecule has 1 aromatic heterocycles. The zero-order valence-corrected chi connectivity index (χ0v) is 36.5. The molecule has 6 atom stereocenters. The lowest BCUT2D eigenvalue weighted by Gasteiger charge is -2.43. The average Bonchev–Trinajstić information content (AvgIpc) is 3.24. The topological polar surface area (TPSA) is 122 Å². The summed E-state index contributed by atoms with van der Waals surface area (Å²) < 4.78 is 31.2. The van der Waals surface area contributed by atoms with Crippen molar-refractivity contribution in [2.24, 2.45) is 5.92 Å². The summed E-state index contributed by atoms with van der Waals surface area (Å²) in [5, 5.41) is 10.4. The van der Waals surface area contributed by atoms with E-state index >= 15 is 0 Å². The van der Waals surface area contributed by atoms with Gasteiger partial charge in [-0.25, -0.2) is 9.59 Å². The first-order valence-electron chi connectivity index (χ1n) is 22.1. The number of aliphatic hydroxyl groups is 1. The number of methoxy groups -OCH3 is 1. The molecule has 3 aliphatic heterocycles. The first-order chi connectivity index (χ1) is 29.9. The molecule has 9 nitrogen and oxygen atoms in total. The van der Waals surface area contributed by atoms with Crippen LogP contribution in [0.1, 0.15) is 129 Å². The number of carbonyl (C=O) groups is 2. The van der Waals surface area contributed by atoms with Gasteiger partial charge in [0.2, 0.25) is 0 Å². The van der Waals surface area contributed by atoms with Gasteiger partial charge in [-0.2, -0.15) is 0 Å². The molecule has 5 aromatic rings. The maximum Gasteiger partial charge on any atom is 0.339 e. The van der Waals surface area contributed by atoms with E-state index in [0.717, 1.165) is 36.8 Å². The highest BCUT2D eigenvalue weighted by Gasteiger charge is 2.51. The van der Waals surface area contributed by atoms with Crippen molar-refractivity contribution in [2.75, 3.05) is 20.3 Å². The molecule has 4 aromatic carbocycles. The number of esters is 2. The zero-order valence-electron chi connectivity index (χ0n) is 36.5. The Bertz CT molecular complexity index is 2490. The molecule has 1 fully saturated rings. The predicted octanol–water partition coefficient (Wildman–Crippen LogP) is 10.2. The third kappa shape index (κ3) is 9.16. The van der Waals surface area contributed by atoms with E-state index in [9.17, 15) is 19.5 Å². The molecule has 0 spiro atoms. The molecule has 9 heteroatoms. The summed E-state index contributed by atoms with van der Waals surface area (Å²) in [6.07, 6.45) is 2.85. The van der Waals surface area contributed by atoms with Gasteiger partial charge in [-0.3, -0.25) is 4.79 Å². The van der Waals surface area contributed by atoms with Crippen molar-refractivity contribution in [3.63, 3.8) is 0 Å². The SMILES string of the molecule is COC[C@@H](CCO)c1cc2ccc3c(c2oc1=O)[C@@H]1OC(=O)C[C@@H]2C[C@@H](c4cccc(Cc5ccccc5)c4)CC[C@H]2c2ccc(cc2)CCC(=C(C)C)C(=O)O[C@@H]1C(C)(C)O3. The molecule has 4 heterocycles. The van der Waals surface area contributed by atoms with E-state index in [0.29, 0.717) is 47.1 Å². The summed E-state index contributed by atoms with van der Waals surface area (Å²) >= 11 is 0. The number of aryl methyl sites for hydroxylation is 1. The van der Waals surface area contributed by atoms with Gasteiger partial charge in [0.1, 0.15) is 16.9 Å². The van der Waals surface area contributed by atoms with Crippen molar-refractivity contribution in [3.05, 3.63) is 158 Å². The van der Waals surface area contributed by atoms with Crippen LogP contribution in [0.3, 0.4) is 0 Å². The van der Waals surface area contributed by atoms with Crippen molar-refractivity contribution >= 4 is 22.9 Å². The van der Waals surface area contributed by atoms with Crippen molar-refractivity contribution in [1.29, 1.82) is 0 Å². The van der Waals surface area contributed by atoms with Crippen molar-refractivity contribution in [3.8, 4) is 5.75 Å². The molecular weight excluding hydrogens is 781 g/mol. The number of hydrogen-bond acceptors (Lipinski definition) is 9. The molecule has 0 unspecified atom stereocenters. The Morgan fingerprint density at radius 3 is 2.37 bits per heavy atom. The van der Waals surface area contributed by atoms with E-state index in [1.807, 2.05) is 33.8 Å². The summed E-state index contributed by atoms with van der Waals surface area (Å²) in [6.45, 7) is 7.52. The quantitative estimate of drug-likeness (QED) is 0.0925. The molecule has 324 valence electrons. The van der Waals surface area contributed by atoms with Crippen molar-refractivity contribution in [1.82, 2.24) is 0 Å². The van der Waals surface area contributed by atoms with Gasteiger partial charge in [0, 0.05) is 42.6 Å². The van der Waals surface area contributed by atoms with Crippen LogP contribution in [0.25, 0.3) is 11.0 Å². The standard InChI is InChI=1S/C53H58O9/c1-32(2)42-21-16-33-14-17-36(18-15-33)43-22-19-38(37-13-9-12-35(27-37)26-34-10-7-6-8-11-34)28-41(43)30-46(55)59-49-47-45(62-53(3,4)50(49)61-51(42)56)23-20-39-29-44(52(57)60-48(39)47)40(24-25-54)31-58-5/h6-15,17-18,20,23,27,29,38,40-41,43,49-50,54H,16,19,21-22,24-26,28,30-31H2,1-5H3/t38-,40+,41-,43-,49-,50-/m0/s1. The minimum atomic E-state index is -1.16. The monoisotopic (exact) mass is 838 g/mol. The summed E-state index contributed by atoms with van der Waals surface area (Å²) in [4.78, 5) is 42.9. The Morgan fingerprint density at radius 1 is 0.855 bits per heavy atom. The number of aliphatic hydroxyl groups excluding tert-OH is 1. The van der Waals surface area contributed by atoms with Gasteiger partial charge in [-0.15, -0.1) is 0 Å². The molecule has 1 N–H and O–H groups in total. The highest BCUT2D eigenvalue weighted by molar-refractivity contribution is 5.90. The number of allylic oxidation sites excluding steroid dienone is 1. The summed E-state index contributed by atoms with van der Waals surface area (Å²) in [5.41, 5.74) is 6.64. The molecule has 62 heavy (non-hydrogen) atoms. The van der Waals surface area contributed by atoms with Gasteiger partial charge in [0.15, 0.2) is 12.2 Å². The highest BCUT2D eigenvalue weighted by Crippen LogP contribution is 2.49. The molecule has 0 amide bonds. The lowest BCUT2D eigenvalue weighted by atomic mass is 9.68. The fourth-order valence-corrected chi connectivity index (χ4v) is 10.1. The third-order valence-corrected chi connectivity index (χ3v) is 13.3. The Hall–Kier alpha value is -5.51. The second-order valence-corrected chi connectivity index (χ2v) is 18.2. The van der Waals surface area contributed by atoms with Crippen LogP contribution >= 0.6 is 0 Å². The van der Waals surface area contributed by atoms with Gasteiger partial charge in [0.05, 0.1) is 12.2 Å². The first kappa shape index (κ1) is 43.2. The summed E-state index contributed by atoms with van der Waals surface area (Å²) in [7, 11) is 1.55. The fraction of sp³-hybridized carbons (Fsp3) is 0.415. The van der Waals surface area contributed by atoms with Crippen LogP contribution in [-0.4, -0.2) is 49.1 Å². The highest BCUT2D eigenvalue weighted by atomic mass is 16.6. The molecule has 4 aliphatic rings. The van der Waals surface area contributed by atoms with Crippen LogP contribution in [-0.2, 0) is 36.6 Å². The van der Waals surface area contributed by atoms with E-state index < -0.39 is 41.3 Å². The number of rotatable bonds is 8. The second kappa shape index (κ2) is 18.5. The van der Waals surface area contributed by atoms with Gasteiger partial charge in [-0.05, 0) is 136 Å². The predicted molar refractivity (Wildman–Crippen MR) is 238 cm³/mol. The van der Waals surface area contributed by atoms with Crippen molar-refractivity contribution in [2.45, 2.75) is 115 Å². The van der Waals surface area contributed by atoms with E-state index in [2.05, 4.69) is 72.8 Å².